The number of rotatable bonds is 0. The Bertz CT molecular complexity index is 2300. The second-order valence-corrected chi connectivity index (χ2v) is 13.7. The number of benzene rings is 6. The number of hydrogen-bond donors (Lipinski definition) is 2. The molecule has 0 spiro atoms. The van der Waals surface area contributed by atoms with Crippen LogP contribution in [-0.4, -0.2) is 0 Å². The third-order valence-electron chi connectivity index (χ3n) is 10.2. The Kier molecular flexibility index (Phi) is 11.0. The molecule has 14 aliphatic heterocycles. The summed E-state index contributed by atoms with van der Waals surface area (Å²) in [4.78, 5) is 0. The Balaban J connectivity index is 0.00000218. The van der Waals surface area contributed by atoms with E-state index in [2.05, 4.69) is 190 Å². The third-order valence-corrected chi connectivity index (χ3v) is 10.2. The van der Waals surface area contributed by atoms with E-state index in [-0.39, 0.29) is 34.0 Å². The van der Waals surface area contributed by atoms with Crippen LogP contribution in [0.2, 0.25) is 0 Å². The molecule has 22 rings (SSSR count). The van der Waals surface area contributed by atoms with Crippen molar-refractivity contribution in [2.45, 2.75) is 32.6 Å². The lowest BCUT2D eigenvalue weighted by Crippen LogP contribution is -3.00. The zero-order valence-electron chi connectivity index (χ0n) is 29.4. The van der Waals surface area contributed by atoms with Crippen LogP contribution in [0.4, 0.5) is 11.4 Å². The zero-order valence-corrected chi connectivity index (χ0v) is 32.5. The predicted molar refractivity (Wildman–Crippen MR) is 209 cm³/mol. The van der Waals surface area contributed by atoms with Gasteiger partial charge < -0.3 is 44.6 Å². The van der Waals surface area contributed by atoms with Crippen molar-refractivity contribution in [1.82, 2.24) is 0 Å². The molecule has 2 N–H and O–H groups in total. The van der Waals surface area contributed by atoms with Gasteiger partial charge in [0.25, 0.3) is 0 Å². The maximum Gasteiger partial charge on any atom is 0.214 e. The first kappa shape index (κ1) is 36.1. The maximum absolute atomic E-state index is 3.72. The van der Waals surface area contributed by atoms with Crippen molar-refractivity contribution in [2.24, 2.45) is 0 Å². The highest BCUT2D eigenvalue weighted by molar-refractivity contribution is 5.89. The molecule has 16 heterocycles. The van der Waals surface area contributed by atoms with Gasteiger partial charge in [-0.25, -0.2) is 0 Å². The summed E-state index contributed by atoms with van der Waals surface area (Å²) in [5, 5.41) is 9.89. The standard InChI is InChI=1S/C47H38N4.2BrH/c1-3-7-46-42(5-1)44-25-27-50(46)32-38-17-21-40(22-18-38)41-23-19-39(20-24-41)33-51-28-26-45(43-6-2-4-8-47(43)51)49-31-37-15-11-35(12-16-37)29-34-9-13-36(14-10-34)30-48-44;;/h1-28H,29-33H2;2*1H. The van der Waals surface area contributed by atoms with E-state index in [1.165, 1.54) is 66.3 Å². The molecule has 262 valence electrons. The second-order valence-electron chi connectivity index (χ2n) is 13.7. The molecule has 0 saturated heterocycles. The Hall–Kier alpha value is -5.30. The number of aromatic nitrogens is 2. The number of pyridine rings is 2. The second kappa shape index (κ2) is 16.2. The molecule has 12 bridgehead atoms. The number of para-hydroxylation sites is 2. The lowest BCUT2D eigenvalue weighted by atomic mass is 10.0. The van der Waals surface area contributed by atoms with Crippen molar-refractivity contribution < 1.29 is 43.1 Å². The summed E-state index contributed by atoms with van der Waals surface area (Å²) in [5.41, 5.74) is 14.9. The Morgan fingerprint density at radius 1 is 0.358 bits per heavy atom. The first-order valence-corrected chi connectivity index (χ1v) is 17.9. The van der Waals surface area contributed by atoms with Gasteiger partial charge in [0.2, 0.25) is 11.0 Å². The molecule has 2 aromatic heterocycles. The van der Waals surface area contributed by atoms with Gasteiger partial charge in [0, 0.05) is 48.5 Å². The van der Waals surface area contributed by atoms with Gasteiger partial charge in [-0.05, 0) is 51.9 Å². The minimum atomic E-state index is 0. The molecule has 0 radical (unpaired) electrons. The molecule has 6 aromatic carbocycles. The topological polar surface area (TPSA) is 31.8 Å². The average Bonchev–Trinajstić information content (AvgIpc) is 3.19. The Morgan fingerprint density at radius 3 is 1.13 bits per heavy atom. The lowest BCUT2D eigenvalue weighted by molar-refractivity contribution is -0.662. The summed E-state index contributed by atoms with van der Waals surface area (Å²) in [6.07, 6.45) is 5.33. The lowest BCUT2D eigenvalue weighted by Gasteiger charge is -2.11. The molecule has 53 heavy (non-hydrogen) atoms. The highest BCUT2D eigenvalue weighted by Crippen LogP contribution is 2.25. The molecule has 8 aromatic rings. The molecule has 0 atom stereocenters. The minimum absolute atomic E-state index is 0. The normalized spacial score (nSPS) is 12.5. The van der Waals surface area contributed by atoms with Crippen molar-refractivity contribution in [2.75, 3.05) is 10.6 Å². The van der Waals surface area contributed by atoms with Gasteiger partial charge in [0.15, 0.2) is 25.5 Å². The summed E-state index contributed by atoms with van der Waals surface area (Å²) in [5.74, 6) is 0. The third kappa shape index (κ3) is 7.90. The molecule has 0 amide bonds. The average molecular weight is 821 g/mol. The fourth-order valence-electron chi connectivity index (χ4n) is 7.34. The van der Waals surface area contributed by atoms with Crippen molar-refractivity contribution in [1.29, 1.82) is 0 Å². The van der Waals surface area contributed by atoms with E-state index in [4.69, 9.17) is 0 Å². The van der Waals surface area contributed by atoms with Crippen LogP contribution >= 0.6 is 0 Å². The summed E-state index contributed by atoms with van der Waals surface area (Å²) >= 11 is 0. The van der Waals surface area contributed by atoms with Crippen LogP contribution < -0.4 is 53.7 Å². The van der Waals surface area contributed by atoms with E-state index in [1.807, 2.05) is 0 Å². The van der Waals surface area contributed by atoms with E-state index in [0.29, 0.717) is 0 Å². The van der Waals surface area contributed by atoms with Crippen molar-refractivity contribution in [3.8, 4) is 11.1 Å². The number of hydrogen-bond acceptors (Lipinski definition) is 2. The molecule has 0 fully saturated rings. The van der Waals surface area contributed by atoms with Crippen LogP contribution in [0.25, 0.3) is 32.9 Å². The van der Waals surface area contributed by atoms with Crippen LogP contribution in [0, 0.1) is 0 Å². The fraction of sp³-hybridized carbons (Fsp3) is 0.106. The number of anilines is 2. The van der Waals surface area contributed by atoms with Gasteiger partial charge in [-0.15, -0.1) is 0 Å². The van der Waals surface area contributed by atoms with Gasteiger partial charge in [-0.2, -0.15) is 9.13 Å². The van der Waals surface area contributed by atoms with E-state index in [9.17, 15) is 0 Å². The predicted octanol–water partition coefficient (Wildman–Crippen LogP) is 3.47. The van der Waals surface area contributed by atoms with Crippen LogP contribution in [0.5, 0.6) is 0 Å². The van der Waals surface area contributed by atoms with Gasteiger partial charge >= 0.3 is 0 Å². The highest BCUT2D eigenvalue weighted by Gasteiger charge is 2.15. The number of nitrogens with zero attached hydrogens (tertiary/aromatic N) is 2. The fourth-order valence-corrected chi connectivity index (χ4v) is 7.34. The highest BCUT2D eigenvalue weighted by atomic mass is 79.9. The molecule has 0 saturated carbocycles. The molecule has 14 aliphatic rings. The first-order chi connectivity index (χ1) is 25.2. The largest absolute Gasteiger partial charge is 1.00 e. The molecule has 0 aliphatic carbocycles. The minimum Gasteiger partial charge on any atom is -1.00 e. The smallest absolute Gasteiger partial charge is 0.214 e. The monoisotopic (exact) mass is 818 g/mol. The number of nitrogens with one attached hydrogen (secondary N) is 2. The van der Waals surface area contributed by atoms with Crippen LogP contribution in [0.15, 0.2) is 170 Å². The molecule has 6 heteroatoms. The summed E-state index contributed by atoms with van der Waals surface area (Å²) in [6, 6.07) is 57.8. The molecular formula is C47H40Br2N4. The SMILES string of the molecule is [Br-].[Br-].c1ccc2c(c1)c1cc[n+]2Cc2ccc(cc2)-c2ccc(cc2)C[n+]2ccc(c3ccccc32)NCc2ccc(cc2)Cc2ccc(cc2)CN1. The Morgan fingerprint density at radius 2 is 0.717 bits per heavy atom. The van der Waals surface area contributed by atoms with E-state index < -0.39 is 0 Å². The van der Waals surface area contributed by atoms with Crippen molar-refractivity contribution in [3.63, 3.8) is 0 Å². The van der Waals surface area contributed by atoms with E-state index in [1.54, 1.807) is 0 Å². The first-order valence-electron chi connectivity index (χ1n) is 17.9. The summed E-state index contributed by atoms with van der Waals surface area (Å²) < 4.78 is 4.69. The van der Waals surface area contributed by atoms with Gasteiger partial charge in [0.1, 0.15) is 0 Å². The molecule has 0 unspecified atom stereocenters. The van der Waals surface area contributed by atoms with Gasteiger partial charge in [-0.3, -0.25) is 0 Å². The quantitative estimate of drug-likeness (QED) is 0.230. The van der Waals surface area contributed by atoms with Crippen molar-refractivity contribution in [3.05, 3.63) is 203 Å². The number of halogens is 2. The van der Waals surface area contributed by atoms with E-state index >= 15 is 0 Å². The summed E-state index contributed by atoms with van der Waals surface area (Å²) in [7, 11) is 0. The number of fused-ring (bicyclic) bond motifs is 1. The zero-order chi connectivity index (χ0) is 34.0. The van der Waals surface area contributed by atoms with Crippen LogP contribution in [-0.2, 0) is 32.6 Å². The van der Waals surface area contributed by atoms with Gasteiger partial charge in [-0.1, -0.05) is 121 Å². The van der Waals surface area contributed by atoms with Crippen LogP contribution in [0.3, 0.4) is 0 Å². The summed E-state index contributed by atoms with van der Waals surface area (Å²) in [6.45, 7) is 3.16. The van der Waals surface area contributed by atoms with E-state index in [0.717, 1.165) is 44.0 Å². The Labute approximate surface area is 332 Å². The molecule has 4 nitrogen and oxygen atoms in total. The maximum atomic E-state index is 3.72. The van der Waals surface area contributed by atoms with Gasteiger partial charge in [0.05, 0.1) is 22.1 Å². The molecular weight excluding hydrogens is 780 g/mol. The van der Waals surface area contributed by atoms with Crippen molar-refractivity contribution >= 4 is 33.2 Å². The van der Waals surface area contributed by atoms with Crippen LogP contribution in [0.1, 0.15) is 33.4 Å².